The highest BCUT2D eigenvalue weighted by Gasteiger charge is 2.18. The van der Waals surface area contributed by atoms with Crippen molar-refractivity contribution in [2.45, 2.75) is 31.9 Å². The monoisotopic (exact) mass is 385 g/mol. The largest absolute Gasteiger partial charge is 1.00 e. The third kappa shape index (κ3) is 6.58. The van der Waals surface area contributed by atoms with E-state index < -0.39 is 6.10 Å². The number of benzene rings is 1. The molecular weight excluding hydrogens is 361 g/mol. The first-order valence-electron chi connectivity index (χ1n) is 8.07. The molecule has 2 nitrogen and oxygen atoms in total. The molecule has 0 saturated carbocycles. The molecule has 1 aromatic heterocycles. The maximum atomic E-state index is 10.4. The van der Waals surface area contributed by atoms with Gasteiger partial charge in [-0.1, -0.05) is 42.5 Å². The average molecular weight is 386 g/mol. The van der Waals surface area contributed by atoms with Crippen LogP contribution in [0, 0.1) is 0 Å². The molecule has 2 aromatic rings. The lowest BCUT2D eigenvalue weighted by Crippen LogP contribution is -3.00. The molecule has 0 radical (unpaired) electrons. The van der Waals surface area contributed by atoms with E-state index in [-0.39, 0.29) is 18.4 Å². The number of nitrogens with two attached hydrogens (primary N) is 1. The Bertz CT molecular complexity index is 587. The van der Waals surface area contributed by atoms with E-state index in [0.717, 1.165) is 24.9 Å². The molecule has 2 rings (SSSR count). The van der Waals surface area contributed by atoms with Crippen LogP contribution >= 0.6 is 22.9 Å². The minimum Gasteiger partial charge on any atom is -1.00 e. The van der Waals surface area contributed by atoms with Crippen molar-refractivity contribution >= 4 is 28.5 Å². The second-order valence-corrected chi connectivity index (χ2v) is 7.00. The molecule has 2 unspecified atom stereocenters. The highest BCUT2D eigenvalue weighted by Crippen LogP contribution is 2.23. The minimum absolute atomic E-state index is 0. The predicted molar refractivity (Wildman–Crippen MR) is 99.9 cm³/mol. The molecule has 24 heavy (non-hydrogen) atoms. The number of halogens is 2. The van der Waals surface area contributed by atoms with E-state index in [2.05, 4.69) is 35.8 Å². The van der Waals surface area contributed by atoms with E-state index >= 15 is 0 Å². The summed E-state index contributed by atoms with van der Waals surface area (Å²) >= 11 is 7.59. The van der Waals surface area contributed by atoms with Crippen molar-refractivity contribution in [2.24, 2.45) is 0 Å². The molecule has 0 aliphatic rings. The number of alkyl halides is 1. The maximum absolute atomic E-state index is 10.4. The van der Waals surface area contributed by atoms with Crippen LogP contribution in [0.5, 0.6) is 0 Å². The molecule has 1 aromatic carbocycles. The summed E-state index contributed by atoms with van der Waals surface area (Å²) in [6.45, 7) is 3.03. The standard InChI is InChI=1S/C19H24ClNOS.ClH/c1-15(19(22)17-7-3-2-4-8-17)21-13-11-16(9-5-12-20)18-10-6-14-23-18;/h2-4,6-10,14-15,19,21-22H,5,11-13H2,1H3;1H/b16-9+;. The summed E-state index contributed by atoms with van der Waals surface area (Å²) in [5.74, 6) is 0.654. The summed E-state index contributed by atoms with van der Waals surface area (Å²) in [4.78, 5) is 1.32. The highest BCUT2D eigenvalue weighted by atomic mass is 35.5. The normalized spacial score (nSPS) is 14.0. The zero-order valence-electron chi connectivity index (χ0n) is 13.9. The average Bonchev–Trinajstić information content (AvgIpc) is 3.12. The van der Waals surface area contributed by atoms with E-state index in [1.807, 2.05) is 30.3 Å². The van der Waals surface area contributed by atoms with E-state index in [4.69, 9.17) is 11.6 Å². The molecule has 132 valence electrons. The molecule has 0 aliphatic heterocycles. The Balaban J connectivity index is 0.00000288. The van der Waals surface area contributed by atoms with Crippen molar-refractivity contribution in [3.8, 4) is 0 Å². The maximum Gasteiger partial charge on any atom is 0.130 e. The Morgan fingerprint density at radius 3 is 2.62 bits per heavy atom. The molecule has 5 heteroatoms. The van der Waals surface area contributed by atoms with Crippen molar-refractivity contribution < 1.29 is 22.8 Å². The Kier molecular flexibility index (Phi) is 10.3. The fraction of sp³-hybridized carbons (Fsp3) is 0.368. The lowest BCUT2D eigenvalue weighted by atomic mass is 10.0. The first kappa shape index (κ1) is 21.2. The Morgan fingerprint density at radius 1 is 1.25 bits per heavy atom. The number of hydrogen-bond acceptors (Lipinski definition) is 2. The molecule has 3 N–H and O–H groups in total. The van der Waals surface area contributed by atoms with Gasteiger partial charge in [-0.25, -0.2) is 0 Å². The summed E-state index contributed by atoms with van der Waals surface area (Å²) in [6, 6.07) is 14.2. The van der Waals surface area contributed by atoms with Crippen molar-refractivity contribution in [3.63, 3.8) is 0 Å². The number of thiophene rings is 1. The van der Waals surface area contributed by atoms with Crippen LogP contribution in [-0.4, -0.2) is 23.6 Å². The van der Waals surface area contributed by atoms with Crippen LogP contribution in [0.1, 0.15) is 36.3 Å². The summed E-state index contributed by atoms with van der Waals surface area (Å²) in [6.07, 6.45) is 3.69. The molecule has 0 bridgehead atoms. The summed E-state index contributed by atoms with van der Waals surface area (Å²) in [7, 11) is 0. The Hall–Kier alpha value is -0.840. The molecular formula is C19H25Cl2NOS. The Morgan fingerprint density at radius 2 is 2.00 bits per heavy atom. The van der Waals surface area contributed by atoms with Crippen LogP contribution in [0.25, 0.3) is 5.57 Å². The SMILES string of the molecule is CC([NH2+]CC/C(=C\CCCl)c1cccs1)C(O)c1ccccc1.[Cl-]. The van der Waals surface area contributed by atoms with Gasteiger partial charge in [-0.15, -0.1) is 22.9 Å². The zero-order chi connectivity index (χ0) is 16.5. The highest BCUT2D eigenvalue weighted by molar-refractivity contribution is 7.11. The molecule has 0 amide bonds. The first-order chi connectivity index (χ1) is 11.2. The smallest absolute Gasteiger partial charge is 0.130 e. The molecule has 1 heterocycles. The van der Waals surface area contributed by atoms with E-state index in [1.54, 1.807) is 11.3 Å². The number of aliphatic hydroxyl groups excluding tert-OH is 1. The van der Waals surface area contributed by atoms with Gasteiger partial charge in [0, 0.05) is 17.2 Å². The molecule has 0 fully saturated rings. The predicted octanol–water partition coefficient (Wildman–Crippen LogP) is 0.840. The fourth-order valence-electron chi connectivity index (χ4n) is 2.60. The van der Waals surface area contributed by atoms with Crippen molar-refractivity contribution in [1.29, 1.82) is 0 Å². The van der Waals surface area contributed by atoms with Crippen LogP contribution in [0.15, 0.2) is 53.9 Å². The van der Waals surface area contributed by atoms with Crippen LogP contribution in [-0.2, 0) is 0 Å². The summed E-state index contributed by atoms with van der Waals surface area (Å²) < 4.78 is 0. The topological polar surface area (TPSA) is 36.8 Å². The van der Waals surface area contributed by atoms with Crippen LogP contribution in [0.2, 0.25) is 0 Å². The Labute approximate surface area is 160 Å². The van der Waals surface area contributed by atoms with Crippen LogP contribution in [0.3, 0.4) is 0 Å². The minimum atomic E-state index is -0.437. The van der Waals surface area contributed by atoms with Gasteiger partial charge in [0.2, 0.25) is 0 Å². The number of rotatable bonds is 9. The van der Waals surface area contributed by atoms with Gasteiger partial charge in [0.05, 0.1) is 6.54 Å². The summed E-state index contributed by atoms with van der Waals surface area (Å²) in [5.41, 5.74) is 2.34. The van der Waals surface area contributed by atoms with Gasteiger partial charge in [-0.2, -0.15) is 0 Å². The molecule has 0 spiro atoms. The van der Waals surface area contributed by atoms with E-state index in [0.29, 0.717) is 5.88 Å². The third-order valence-electron chi connectivity index (χ3n) is 3.93. The second kappa shape index (κ2) is 11.7. The van der Waals surface area contributed by atoms with Gasteiger partial charge in [0.15, 0.2) is 0 Å². The van der Waals surface area contributed by atoms with Gasteiger partial charge in [-0.3, -0.25) is 0 Å². The van der Waals surface area contributed by atoms with Crippen molar-refractivity contribution in [1.82, 2.24) is 0 Å². The zero-order valence-corrected chi connectivity index (χ0v) is 16.2. The second-order valence-electron chi connectivity index (χ2n) is 5.67. The van der Waals surface area contributed by atoms with Crippen molar-refractivity contribution in [3.05, 3.63) is 64.4 Å². The van der Waals surface area contributed by atoms with E-state index in [1.165, 1.54) is 10.5 Å². The molecule has 0 saturated heterocycles. The number of quaternary nitrogens is 1. The lowest BCUT2D eigenvalue weighted by molar-refractivity contribution is -0.693. The van der Waals surface area contributed by atoms with Crippen molar-refractivity contribution in [2.75, 3.05) is 12.4 Å². The van der Waals surface area contributed by atoms with Gasteiger partial charge in [-0.05, 0) is 35.9 Å². The van der Waals surface area contributed by atoms with Gasteiger partial charge >= 0.3 is 0 Å². The van der Waals surface area contributed by atoms with E-state index in [9.17, 15) is 5.11 Å². The van der Waals surface area contributed by atoms with Gasteiger partial charge < -0.3 is 22.8 Å². The lowest BCUT2D eigenvalue weighted by Gasteiger charge is -2.18. The van der Waals surface area contributed by atoms with Gasteiger partial charge in [0.25, 0.3) is 0 Å². The van der Waals surface area contributed by atoms with Gasteiger partial charge in [0.1, 0.15) is 12.1 Å². The number of hydrogen-bond donors (Lipinski definition) is 2. The molecule has 2 atom stereocenters. The fourth-order valence-corrected chi connectivity index (χ4v) is 3.51. The molecule has 0 aliphatic carbocycles. The van der Waals surface area contributed by atoms with Crippen LogP contribution < -0.4 is 17.7 Å². The van der Waals surface area contributed by atoms with Crippen LogP contribution in [0.4, 0.5) is 0 Å². The first-order valence-corrected chi connectivity index (χ1v) is 9.49. The number of allylic oxidation sites excluding steroid dienone is 1. The third-order valence-corrected chi connectivity index (χ3v) is 5.09. The summed E-state index contributed by atoms with van der Waals surface area (Å²) in [5, 5.41) is 14.7. The number of aliphatic hydroxyl groups is 1. The quantitative estimate of drug-likeness (QED) is 0.616.